The van der Waals surface area contributed by atoms with E-state index in [1.54, 1.807) is 0 Å². The van der Waals surface area contributed by atoms with Gasteiger partial charge in [0.2, 0.25) is 11.8 Å². The van der Waals surface area contributed by atoms with Crippen LogP contribution in [-0.4, -0.2) is 75.4 Å². The lowest BCUT2D eigenvalue weighted by Crippen LogP contribution is -2.55. The SMILES string of the molecule is Cc1cccc(CN(C(=O)CC2CC2)[C@H]2C[C@@H](C(=O)N3CCN[C@H](C)C3)N(Cc3ccc(C)n3C)C2)c1. The molecule has 1 N–H and O–H groups in total. The van der Waals surface area contributed by atoms with Gasteiger partial charge in [-0.05, 0) is 63.6 Å². The van der Waals surface area contributed by atoms with Gasteiger partial charge in [0.1, 0.15) is 0 Å². The van der Waals surface area contributed by atoms with Crippen molar-refractivity contribution < 1.29 is 9.59 Å². The third-order valence-corrected chi connectivity index (χ3v) is 8.55. The molecule has 2 amide bonds. The number of amides is 2. The van der Waals surface area contributed by atoms with E-state index in [1.807, 2.05) is 4.90 Å². The van der Waals surface area contributed by atoms with Crippen LogP contribution in [-0.2, 0) is 29.7 Å². The van der Waals surface area contributed by atoms with Crippen molar-refractivity contribution in [1.82, 2.24) is 24.6 Å². The zero-order valence-electron chi connectivity index (χ0n) is 22.9. The Labute approximate surface area is 221 Å². The molecule has 2 saturated heterocycles. The van der Waals surface area contributed by atoms with Crippen molar-refractivity contribution in [2.75, 3.05) is 26.2 Å². The van der Waals surface area contributed by atoms with Gasteiger partial charge in [-0.25, -0.2) is 0 Å². The number of likely N-dealkylation sites (tertiary alicyclic amines) is 1. The summed E-state index contributed by atoms with van der Waals surface area (Å²) >= 11 is 0. The van der Waals surface area contributed by atoms with E-state index in [9.17, 15) is 9.59 Å². The normalized spacial score (nSPS) is 24.4. The number of benzene rings is 1. The van der Waals surface area contributed by atoms with E-state index in [1.165, 1.54) is 22.5 Å². The fourth-order valence-electron chi connectivity index (χ4n) is 6.03. The van der Waals surface area contributed by atoms with Crippen molar-refractivity contribution in [2.45, 2.75) is 77.7 Å². The summed E-state index contributed by atoms with van der Waals surface area (Å²) in [5, 5.41) is 3.45. The van der Waals surface area contributed by atoms with Crippen LogP contribution in [0.25, 0.3) is 0 Å². The van der Waals surface area contributed by atoms with E-state index in [0.717, 1.165) is 39.0 Å². The predicted octanol–water partition coefficient (Wildman–Crippen LogP) is 3.23. The number of hydrogen-bond acceptors (Lipinski definition) is 4. The number of aryl methyl sites for hydroxylation is 2. The van der Waals surface area contributed by atoms with Crippen molar-refractivity contribution in [2.24, 2.45) is 13.0 Å². The van der Waals surface area contributed by atoms with Gasteiger partial charge in [-0.2, -0.15) is 0 Å². The van der Waals surface area contributed by atoms with Gasteiger partial charge in [-0.3, -0.25) is 14.5 Å². The fraction of sp³-hybridized carbons (Fsp3) is 0.600. The molecule has 0 radical (unpaired) electrons. The van der Waals surface area contributed by atoms with Crippen LogP contribution in [0.1, 0.15) is 55.1 Å². The van der Waals surface area contributed by atoms with Crippen molar-refractivity contribution in [3.8, 4) is 0 Å². The first-order valence-electron chi connectivity index (χ1n) is 14.0. The van der Waals surface area contributed by atoms with E-state index in [2.05, 4.69) is 83.9 Å². The maximum Gasteiger partial charge on any atom is 0.240 e. The molecule has 1 aromatic heterocycles. The molecule has 1 aromatic carbocycles. The quantitative estimate of drug-likeness (QED) is 0.599. The van der Waals surface area contributed by atoms with Crippen LogP contribution in [0, 0.1) is 19.8 Å². The first kappa shape index (κ1) is 26.0. The highest BCUT2D eigenvalue weighted by Crippen LogP contribution is 2.35. The standard InChI is InChI=1S/C30H43N5O2/c1-21-6-5-7-25(14-21)18-35(29(36)15-24-9-10-24)27-16-28(30(37)33-13-12-31-22(2)17-33)34(20-27)19-26-11-8-23(3)32(26)4/h5-8,11,14,22,24,27-28,31H,9-10,12-13,15-20H2,1-4H3/t22-,27+,28+/m1/s1. The number of rotatable bonds is 8. The predicted molar refractivity (Wildman–Crippen MR) is 146 cm³/mol. The molecule has 7 heteroatoms. The molecule has 200 valence electrons. The summed E-state index contributed by atoms with van der Waals surface area (Å²) in [4.78, 5) is 34.0. The van der Waals surface area contributed by atoms with Crippen LogP contribution in [0.5, 0.6) is 0 Å². The van der Waals surface area contributed by atoms with Crippen LogP contribution < -0.4 is 5.32 Å². The third kappa shape index (κ3) is 6.10. The second kappa shape index (κ2) is 11.0. The summed E-state index contributed by atoms with van der Waals surface area (Å²) in [6.07, 6.45) is 3.65. The Bertz CT molecular complexity index is 1120. The van der Waals surface area contributed by atoms with Crippen molar-refractivity contribution in [3.05, 3.63) is 58.9 Å². The molecule has 2 aromatic rings. The molecule has 0 bridgehead atoms. The lowest BCUT2D eigenvalue weighted by molar-refractivity contribution is -0.138. The molecule has 7 nitrogen and oxygen atoms in total. The fourth-order valence-corrected chi connectivity index (χ4v) is 6.03. The van der Waals surface area contributed by atoms with E-state index in [4.69, 9.17) is 0 Å². The van der Waals surface area contributed by atoms with Crippen molar-refractivity contribution in [3.63, 3.8) is 0 Å². The minimum absolute atomic E-state index is 0.0300. The number of nitrogens with one attached hydrogen (secondary N) is 1. The molecule has 1 aliphatic carbocycles. The Morgan fingerprint density at radius 3 is 2.59 bits per heavy atom. The van der Waals surface area contributed by atoms with Crippen molar-refractivity contribution >= 4 is 11.8 Å². The molecular weight excluding hydrogens is 462 g/mol. The Kier molecular flexibility index (Phi) is 7.72. The Morgan fingerprint density at radius 1 is 1.11 bits per heavy atom. The summed E-state index contributed by atoms with van der Waals surface area (Å²) in [6.45, 7) is 10.7. The van der Waals surface area contributed by atoms with Gasteiger partial charge in [0.15, 0.2) is 0 Å². The van der Waals surface area contributed by atoms with Gasteiger partial charge in [0.25, 0.3) is 0 Å². The van der Waals surface area contributed by atoms with Crippen LogP contribution in [0.15, 0.2) is 36.4 Å². The number of piperazine rings is 1. The van der Waals surface area contributed by atoms with E-state index < -0.39 is 0 Å². The summed E-state index contributed by atoms with van der Waals surface area (Å²) < 4.78 is 2.21. The molecule has 3 aliphatic rings. The molecule has 5 rings (SSSR count). The topological polar surface area (TPSA) is 60.8 Å². The maximum atomic E-state index is 13.9. The molecule has 3 fully saturated rings. The van der Waals surface area contributed by atoms with Crippen LogP contribution in [0.3, 0.4) is 0 Å². The largest absolute Gasteiger partial charge is 0.351 e. The number of nitrogens with zero attached hydrogens (tertiary/aromatic N) is 4. The lowest BCUT2D eigenvalue weighted by Gasteiger charge is -2.35. The third-order valence-electron chi connectivity index (χ3n) is 8.55. The molecule has 2 aliphatic heterocycles. The highest BCUT2D eigenvalue weighted by atomic mass is 16.2. The first-order valence-corrected chi connectivity index (χ1v) is 14.0. The summed E-state index contributed by atoms with van der Waals surface area (Å²) in [5.74, 6) is 0.996. The van der Waals surface area contributed by atoms with Gasteiger partial charge in [0.05, 0.1) is 6.04 Å². The van der Waals surface area contributed by atoms with Crippen LogP contribution in [0.4, 0.5) is 0 Å². The van der Waals surface area contributed by atoms with Crippen LogP contribution >= 0.6 is 0 Å². The molecule has 0 unspecified atom stereocenters. The second-order valence-electron chi connectivity index (χ2n) is 11.7. The number of hydrogen-bond donors (Lipinski definition) is 1. The second-order valence-corrected chi connectivity index (χ2v) is 11.7. The Hall–Kier alpha value is -2.64. The molecule has 3 heterocycles. The lowest BCUT2D eigenvalue weighted by atomic mass is 10.1. The molecular formula is C30H43N5O2. The average Bonchev–Trinajstić information content (AvgIpc) is 3.51. The highest BCUT2D eigenvalue weighted by molar-refractivity contribution is 5.83. The minimum Gasteiger partial charge on any atom is -0.351 e. The van der Waals surface area contributed by atoms with Gasteiger partial charge < -0.3 is 19.7 Å². The minimum atomic E-state index is -0.209. The zero-order valence-corrected chi connectivity index (χ0v) is 22.9. The average molecular weight is 506 g/mol. The number of aromatic nitrogens is 1. The number of carbonyl (C=O) groups excluding carboxylic acids is 2. The smallest absolute Gasteiger partial charge is 0.240 e. The Morgan fingerprint density at radius 2 is 1.92 bits per heavy atom. The van der Waals surface area contributed by atoms with Gasteiger partial charge in [-0.15, -0.1) is 0 Å². The molecule has 3 atom stereocenters. The Balaban J connectivity index is 1.40. The van der Waals surface area contributed by atoms with Gasteiger partial charge in [-0.1, -0.05) is 29.8 Å². The number of carbonyl (C=O) groups is 2. The van der Waals surface area contributed by atoms with E-state index in [0.29, 0.717) is 37.9 Å². The van der Waals surface area contributed by atoms with Crippen molar-refractivity contribution in [1.29, 1.82) is 0 Å². The monoisotopic (exact) mass is 505 g/mol. The first-order chi connectivity index (χ1) is 17.8. The maximum absolute atomic E-state index is 13.9. The summed E-state index contributed by atoms with van der Waals surface area (Å²) in [6, 6.07) is 12.9. The highest BCUT2D eigenvalue weighted by Gasteiger charge is 2.43. The van der Waals surface area contributed by atoms with E-state index >= 15 is 0 Å². The van der Waals surface area contributed by atoms with Gasteiger partial charge >= 0.3 is 0 Å². The summed E-state index contributed by atoms with van der Waals surface area (Å²) in [7, 11) is 2.09. The van der Waals surface area contributed by atoms with E-state index in [-0.39, 0.29) is 23.9 Å². The van der Waals surface area contributed by atoms with Crippen LogP contribution in [0.2, 0.25) is 0 Å². The molecule has 0 spiro atoms. The molecule has 37 heavy (non-hydrogen) atoms. The molecule has 1 saturated carbocycles. The summed E-state index contributed by atoms with van der Waals surface area (Å²) in [5.41, 5.74) is 4.80. The zero-order chi connectivity index (χ0) is 26.1. The van der Waals surface area contributed by atoms with Gasteiger partial charge in [0, 0.05) is 76.2 Å².